The lowest BCUT2D eigenvalue weighted by atomic mass is 10.1. The van der Waals surface area contributed by atoms with Gasteiger partial charge in [-0.15, -0.1) is 0 Å². The lowest BCUT2D eigenvalue weighted by molar-refractivity contribution is -0.167. The zero-order valence-corrected chi connectivity index (χ0v) is 40.5. The number of carbonyl (C=O) groups excluding carboxylic acids is 3. The van der Waals surface area contributed by atoms with Crippen LogP contribution in [-0.4, -0.2) is 37.2 Å². The first-order valence-corrected chi connectivity index (χ1v) is 25.4. The molecule has 0 unspecified atom stereocenters. The Morgan fingerprint density at radius 3 is 1.10 bits per heavy atom. The van der Waals surface area contributed by atoms with Crippen LogP contribution in [0.25, 0.3) is 0 Å². The number of hydrogen-bond acceptors (Lipinski definition) is 6. The summed E-state index contributed by atoms with van der Waals surface area (Å²) in [7, 11) is 0. The first kappa shape index (κ1) is 59.1. The van der Waals surface area contributed by atoms with Gasteiger partial charge in [0.1, 0.15) is 13.2 Å². The summed E-state index contributed by atoms with van der Waals surface area (Å²) in [5.74, 6) is -1.01. The number of esters is 3. The molecule has 0 saturated heterocycles. The minimum Gasteiger partial charge on any atom is -0.462 e. The van der Waals surface area contributed by atoms with Gasteiger partial charge < -0.3 is 14.2 Å². The summed E-state index contributed by atoms with van der Waals surface area (Å²) in [4.78, 5) is 37.9. The van der Waals surface area contributed by atoms with Crippen molar-refractivity contribution in [2.45, 2.75) is 219 Å². The molecule has 0 aliphatic heterocycles. The van der Waals surface area contributed by atoms with E-state index in [1.54, 1.807) is 0 Å². The van der Waals surface area contributed by atoms with Crippen LogP contribution in [0.4, 0.5) is 0 Å². The first-order valence-electron chi connectivity index (χ1n) is 25.4. The Balaban J connectivity index is 4.53. The Morgan fingerprint density at radius 1 is 0.333 bits per heavy atom. The maximum Gasteiger partial charge on any atom is 0.306 e. The third-order valence-corrected chi connectivity index (χ3v) is 10.2. The smallest absolute Gasteiger partial charge is 0.306 e. The van der Waals surface area contributed by atoms with Gasteiger partial charge >= 0.3 is 17.9 Å². The molecule has 356 valence electrons. The molecular weight excluding hydrogens is 781 g/mol. The van der Waals surface area contributed by atoms with E-state index in [4.69, 9.17) is 14.2 Å². The molecule has 0 amide bonds. The van der Waals surface area contributed by atoms with Gasteiger partial charge in [0.25, 0.3) is 0 Å². The summed E-state index contributed by atoms with van der Waals surface area (Å²) < 4.78 is 16.7. The largest absolute Gasteiger partial charge is 0.462 e. The normalized spacial score (nSPS) is 13.0. The maximum absolute atomic E-state index is 12.8. The number of allylic oxidation sites excluding steroid dienone is 18. The highest BCUT2D eigenvalue weighted by Gasteiger charge is 2.19. The molecule has 0 aliphatic carbocycles. The molecule has 0 aliphatic rings. The van der Waals surface area contributed by atoms with Crippen molar-refractivity contribution in [3.8, 4) is 0 Å². The second-order valence-corrected chi connectivity index (χ2v) is 16.3. The predicted molar refractivity (Wildman–Crippen MR) is 270 cm³/mol. The SMILES string of the molecule is CC/C=C\C/C=C\C/C=C\C/C=C\CCCCCCC(=O)O[C@H](COC(=O)CCC/C=C\C/C=C\C/C=C\C/C=C\CCCCC)COC(=O)CCCCCCC/C=C\CCCC. The van der Waals surface area contributed by atoms with Crippen molar-refractivity contribution in [1.29, 1.82) is 0 Å². The van der Waals surface area contributed by atoms with Gasteiger partial charge in [0.2, 0.25) is 0 Å². The molecular formula is C57H92O6. The Bertz CT molecular complexity index is 1330. The molecule has 1 atom stereocenters. The highest BCUT2D eigenvalue weighted by Crippen LogP contribution is 2.12. The van der Waals surface area contributed by atoms with E-state index in [0.717, 1.165) is 116 Å². The first-order chi connectivity index (χ1) is 31.0. The number of unbranched alkanes of at least 4 members (excludes halogenated alkanes) is 15. The van der Waals surface area contributed by atoms with Crippen LogP contribution >= 0.6 is 0 Å². The Labute approximate surface area is 387 Å². The molecule has 0 rings (SSSR count). The van der Waals surface area contributed by atoms with E-state index in [9.17, 15) is 14.4 Å². The summed E-state index contributed by atoms with van der Waals surface area (Å²) in [5.41, 5.74) is 0. The van der Waals surface area contributed by atoms with Gasteiger partial charge in [-0.2, -0.15) is 0 Å². The zero-order valence-electron chi connectivity index (χ0n) is 40.5. The van der Waals surface area contributed by atoms with Crippen molar-refractivity contribution < 1.29 is 28.6 Å². The van der Waals surface area contributed by atoms with Crippen LogP contribution in [-0.2, 0) is 28.6 Å². The van der Waals surface area contributed by atoms with E-state index in [2.05, 4.69) is 130 Å². The fourth-order valence-electron chi connectivity index (χ4n) is 6.40. The number of carbonyl (C=O) groups is 3. The standard InChI is InChI=1S/C57H92O6/c1-4-7-10-13-16-19-22-24-26-28-30-32-35-38-41-44-47-50-56(59)62-53-54(52-61-55(58)49-46-43-40-37-34-21-18-15-12-9-6-3)63-57(60)51-48-45-42-39-36-33-31-29-27-25-23-20-17-14-11-8-5-2/h8,11,15-20,24-27,30-33,38,41,54H,4-7,9-10,12-14,21-23,28-29,34-37,39-40,42-53H2,1-3H3/b11-8-,18-15-,19-16-,20-17-,26-24-,27-25-,32-30-,33-31-,41-38-/t54-/m0/s1. The van der Waals surface area contributed by atoms with E-state index in [-0.39, 0.29) is 44.0 Å². The molecule has 0 aromatic carbocycles. The summed E-state index contributed by atoms with van der Waals surface area (Å²) in [6.45, 7) is 6.36. The second-order valence-electron chi connectivity index (χ2n) is 16.3. The van der Waals surface area contributed by atoms with Crippen molar-refractivity contribution in [3.05, 3.63) is 109 Å². The van der Waals surface area contributed by atoms with Crippen LogP contribution in [0.3, 0.4) is 0 Å². The lowest BCUT2D eigenvalue weighted by Crippen LogP contribution is -2.30. The monoisotopic (exact) mass is 873 g/mol. The molecule has 0 radical (unpaired) electrons. The van der Waals surface area contributed by atoms with Crippen molar-refractivity contribution in [3.63, 3.8) is 0 Å². The third-order valence-electron chi connectivity index (χ3n) is 10.2. The average molecular weight is 873 g/mol. The van der Waals surface area contributed by atoms with Gasteiger partial charge in [-0.05, 0) is 116 Å². The molecule has 0 bridgehead atoms. The van der Waals surface area contributed by atoms with Crippen LogP contribution in [0, 0.1) is 0 Å². The molecule has 0 aromatic heterocycles. The second kappa shape index (κ2) is 50.7. The maximum atomic E-state index is 12.8. The van der Waals surface area contributed by atoms with Gasteiger partial charge in [0, 0.05) is 19.3 Å². The van der Waals surface area contributed by atoms with Crippen LogP contribution in [0.1, 0.15) is 213 Å². The molecule has 6 nitrogen and oxygen atoms in total. The average Bonchev–Trinajstić information content (AvgIpc) is 3.28. The van der Waals surface area contributed by atoms with E-state index in [1.165, 1.54) is 51.4 Å². The topological polar surface area (TPSA) is 78.9 Å². The molecule has 0 N–H and O–H groups in total. The van der Waals surface area contributed by atoms with Gasteiger partial charge in [0.05, 0.1) is 0 Å². The van der Waals surface area contributed by atoms with Gasteiger partial charge in [-0.25, -0.2) is 0 Å². The summed E-state index contributed by atoms with van der Waals surface area (Å²) >= 11 is 0. The lowest BCUT2D eigenvalue weighted by Gasteiger charge is -2.18. The molecule has 0 aromatic rings. The van der Waals surface area contributed by atoms with Crippen molar-refractivity contribution in [1.82, 2.24) is 0 Å². The molecule has 6 heteroatoms. The van der Waals surface area contributed by atoms with Crippen LogP contribution < -0.4 is 0 Å². The predicted octanol–water partition coefficient (Wildman–Crippen LogP) is 16.8. The minimum absolute atomic E-state index is 0.112. The number of ether oxygens (including phenoxy) is 3. The summed E-state index contributed by atoms with van der Waals surface area (Å²) in [5, 5.41) is 0. The van der Waals surface area contributed by atoms with Gasteiger partial charge in [0.15, 0.2) is 6.10 Å². The number of rotatable bonds is 44. The molecule has 0 heterocycles. The third kappa shape index (κ3) is 49.0. The van der Waals surface area contributed by atoms with Crippen LogP contribution in [0.2, 0.25) is 0 Å². The van der Waals surface area contributed by atoms with Crippen LogP contribution in [0.5, 0.6) is 0 Å². The van der Waals surface area contributed by atoms with Crippen molar-refractivity contribution >= 4 is 17.9 Å². The highest BCUT2D eigenvalue weighted by molar-refractivity contribution is 5.71. The molecule has 0 fully saturated rings. The molecule has 63 heavy (non-hydrogen) atoms. The van der Waals surface area contributed by atoms with E-state index in [1.807, 2.05) is 0 Å². The molecule has 0 spiro atoms. The molecule has 0 saturated carbocycles. The summed E-state index contributed by atoms with van der Waals surface area (Å²) in [6, 6.07) is 0. The number of hydrogen-bond donors (Lipinski definition) is 0. The zero-order chi connectivity index (χ0) is 45.8. The quantitative estimate of drug-likeness (QED) is 0.0263. The van der Waals surface area contributed by atoms with E-state index >= 15 is 0 Å². The van der Waals surface area contributed by atoms with E-state index in [0.29, 0.717) is 12.8 Å². The Hall–Kier alpha value is -3.93. The van der Waals surface area contributed by atoms with Gasteiger partial charge in [-0.1, -0.05) is 188 Å². The Morgan fingerprint density at radius 2 is 0.651 bits per heavy atom. The van der Waals surface area contributed by atoms with E-state index < -0.39 is 6.10 Å². The summed E-state index contributed by atoms with van der Waals surface area (Å²) in [6.07, 6.45) is 67.9. The Kier molecular flexibility index (Phi) is 47.5. The highest BCUT2D eigenvalue weighted by atomic mass is 16.6. The fraction of sp³-hybridized carbons (Fsp3) is 0.632. The van der Waals surface area contributed by atoms with Gasteiger partial charge in [-0.3, -0.25) is 14.4 Å². The minimum atomic E-state index is -0.817. The van der Waals surface area contributed by atoms with Crippen molar-refractivity contribution in [2.24, 2.45) is 0 Å². The van der Waals surface area contributed by atoms with Crippen molar-refractivity contribution in [2.75, 3.05) is 13.2 Å². The van der Waals surface area contributed by atoms with Crippen LogP contribution in [0.15, 0.2) is 109 Å². The fourth-order valence-corrected chi connectivity index (χ4v) is 6.40.